The Hall–Kier alpha value is -2.78. The highest BCUT2D eigenvalue weighted by molar-refractivity contribution is 7.89. The van der Waals surface area contributed by atoms with E-state index in [0.29, 0.717) is 37.9 Å². The fourth-order valence-corrected chi connectivity index (χ4v) is 5.93. The van der Waals surface area contributed by atoms with Gasteiger partial charge in [-0.15, -0.1) is 0 Å². The smallest absolute Gasteiger partial charge is 0.251 e. The molecule has 2 amide bonds. The molecule has 31 heavy (non-hydrogen) atoms. The molecule has 1 aromatic heterocycles. The summed E-state index contributed by atoms with van der Waals surface area (Å²) in [5, 5.41) is 2.98. The molecule has 2 aliphatic heterocycles. The quantitative estimate of drug-likeness (QED) is 0.780. The van der Waals surface area contributed by atoms with Crippen LogP contribution in [0.15, 0.2) is 47.6 Å². The molecule has 0 saturated carbocycles. The van der Waals surface area contributed by atoms with E-state index in [0.717, 1.165) is 11.3 Å². The number of sulfonamides is 1. The van der Waals surface area contributed by atoms with Gasteiger partial charge in [0.05, 0.1) is 4.90 Å². The van der Waals surface area contributed by atoms with Crippen LogP contribution in [0.2, 0.25) is 0 Å². The monoisotopic (exact) mass is 442 g/mol. The van der Waals surface area contributed by atoms with E-state index in [1.165, 1.54) is 11.2 Å². The van der Waals surface area contributed by atoms with Gasteiger partial charge >= 0.3 is 0 Å². The van der Waals surface area contributed by atoms with Crippen molar-refractivity contribution in [3.63, 3.8) is 0 Å². The topological polar surface area (TPSA) is 99.7 Å². The number of fused-ring (bicyclic) bond motifs is 1. The molecular formula is C22H26N4O4S. The maximum absolute atomic E-state index is 13.2. The minimum atomic E-state index is -3.63. The maximum Gasteiger partial charge on any atom is 0.251 e. The van der Waals surface area contributed by atoms with E-state index in [-0.39, 0.29) is 28.8 Å². The van der Waals surface area contributed by atoms with Crippen LogP contribution >= 0.6 is 0 Å². The van der Waals surface area contributed by atoms with Gasteiger partial charge in [0, 0.05) is 55.7 Å². The lowest BCUT2D eigenvalue weighted by Gasteiger charge is -2.31. The van der Waals surface area contributed by atoms with Crippen LogP contribution < -0.4 is 10.2 Å². The molecular weight excluding hydrogens is 416 g/mol. The Labute approximate surface area is 182 Å². The first-order chi connectivity index (χ1) is 14.8. The number of pyridine rings is 1. The highest BCUT2D eigenvalue weighted by atomic mass is 32.2. The number of amides is 2. The van der Waals surface area contributed by atoms with Crippen LogP contribution in [0.4, 0.5) is 5.69 Å². The molecule has 3 heterocycles. The summed E-state index contributed by atoms with van der Waals surface area (Å²) < 4.78 is 27.8. The first-order valence-corrected chi connectivity index (χ1v) is 11.8. The third kappa shape index (κ3) is 4.20. The SMILES string of the molecule is CC(=O)N1c2ccc(S(=O)(=O)N3CCC(NC(=O)c4ccncc4)CC3)cc2CC1C. The molecule has 1 saturated heterocycles. The Bertz CT molecular complexity index is 1100. The van der Waals surface area contributed by atoms with Gasteiger partial charge in [-0.3, -0.25) is 14.6 Å². The number of carbonyl (C=O) groups excluding carboxylic acids is 2. The molecule has 9 heteroatoms. The molecule has 0 aliphatic carbocycles. The van der Waals surface area contributed by atoms with Crippen molar-refractivity contribution in [2.24, 2.45) is 0 Å². The van der Waals surface area contributed by atoms with Crippen molar-refractivity contribution in [2.45, 2.75) is 50.1 Å². The lowest BCUT2D eigenvalue weighted by Crippen LogP contribution is -2.46. The van der Waals surface area contributed by atoms with E-state index >= 15 is 0 Å². The number of benzene rings is 1. The molecule has 0 spiro atoms. The summed E-state index contributed by atoms with van der Waals surface area (Å²) in [6, 6.07) is 8.26. The van der Waals surface area contributed by atoms with E-state index in [1.54, 1.807) is 47.6 Å². The number of hydrogen-bond acceptors (Lipinski definition) is 5. The van der Waals surface area contributed by atoms with Crippen molar-refractivity contribution >= 4 is 27.5 Å². The van der Waals surface area contributed by atoms with Crippen molar-refractivity contribution in [2.75, 3.05) is 18.0 Å². The van der Waals surface area contributed by atoms with Crippen molar-refractivity contribution in [1.82, 2.24) is 14.6 Å². The van der Waals surface area contributed by atoms with Crippen LogP contribution in [0.5, 0.6) is 0 Å². The minimum Gasteiger partial charge on any atom is -0.349 e. The Morgan fingerprint density at radius 3 is 2.42 bits per heavy atom. The van der Waals surface area contributed by atoms with Crippen LogP contribution in [0.1, 0.15) is 42.6 Å². The molecule has 1 unspecified atom stereocenters. The maximum atomic E-state index is 13.2. The average molecular weight is 443 g/mol. The molecule has 2 aliphatic rings. The van der Waals surface area contributed by atoms with Gasteiger partial charge in [-0.2, -0.15) is 4.31 Å². The largest absolute Gasteiger partial charge is 0.349 e. The molecule has 0 radical (unpaired) electrons. The second-order valence-electron chi connectivity index (χ2n) is 8.12. The first kappa shape index (κ1) is 21.5. The Morgan fingerprint density at radius 2 is 1.77 bits per heavy atom. The van der Waals surface area contributed by atoms with Crippen LogP contribution in [-0.2, 0) is 21.2 Å². The fourth-order valence-electron chi connectivity index (χ4n) is 4.41. The lowest BCUT2D eigenvalue weighted by atomic mass is 10.1. The van der Waals surface area contributed by atoms with Crippen molar-refractivity contribution in [3.8, 4) is 0 Å². The molecule has 1 fully saturated rings. The zero-order valence-corrected chi connectivity index (χ0v) is 18.4. The highest BCUT2D eigenvalue weighted by Crippen LogP contribution is 2.34. The molecule has 1 atom stereocenters. The fraction of sp³-hybridized carbons (Fsp3) is 0.409. The molecule has 164 valence electrons. The molecule has 2 aromatic rings. The van der Waals surface area contributed by atoms with Gasteiger partial charge in [-0.25, -0.2) is 8.42 Å². The summed E-state index contributed by atoms with van der Waals surface area (Å²) in [7, 11) is -3.63. The van der Waals surface area contributed by atoms with E-state index in [1.807, 2.05) is 6.92 Å². The van der Waals surface area contributed by atoms with Gasteiger partial charge in [-0.05, 0) is 62.1 Å². The molecule has 4 rings (SSSR count). The van der Waals surface area contributed by atoms with Crippen LogP contribution in [0, 0.1) is 0 Å². The van der Waals surface area contributed by atoms with E-state index in [4.69, 9.17) is 0 Å². The van der Waals surface area contributed by atoms with Gasteiger partial charge in [-0.1, -0.05) is 0 Å². The van der Waals surface area contributed by atoms with Gasteiger partial charge < -0.3 is 10.2 Å². The molecule has 0 bridgehead atoms. The van der Waals surface area contributed by atoms with Gasteiger partial charge in [0.15, 0.2) is 0 Å². The molecule has 1 aromatic carbocycles. The Balaban J connectivity index is 1.42. The Morgan fingerprint density at radius 1 is 1.10 bits per heavy atom. The number of nitrogens with zero attached hydrogens (tertiary/aromatic N) is 3. The Kier molecular flexibility index (Phi) is 5.81. The second-order valence-corrected chi connectivity index (χ2v) is 10.1. The van der Waals surface area contributed by atoms with Crippen LogP contribution in [-0.4, -0.2) is 54.7 Å². The zero-order chi connectivity index (χ0) is 22.2. The highest BCUT2D eigenvalue weighted by Gasteiger charge is 2.33. The van der Waals surface area contributed by atoms with Gasteiger partial charge in [0.1, 0.15) is 0 Å². The van der Waals surface area contributed by atoms with Crippen LogP contribution in [0.25, 0.3) is 0 Å². The van der Waals surface area contributed by atoms with Crippen molar-refractivity contribution in [1.29, 1.82) is 0 Å². The average Bonchev–Trinajstić information content (AvgIpc) is 3.09. The van der Waals surface area contributed by atoms with Crippen molar-refractivity contribution < 1.29 is 18.0 Å². The molecule has 1 N–H and O–H groups in total. The second kappa shape index (κ2) is 8.39. The molecule has 8 nitrogen and oxygen atoms in total. The van der Waals surface area contributed by atoms with Gasteiger partial charge in [0.25, 0.3) is 5.91 Å². The zero-order valence-electron chi connectivity index (χ0n) is 17.6. The van der Waals surface area contributed by atoms with Crippen molar-refractivity contribution in [3.05, 3.63) is 53.9 Å². The predicted molar refractivity (Wildman–Crippen MR) is 116 cm³/mol. The first-order valence-electron chi connectivity index (χ1n) is 10.4. The third-order valence-electron chi connectivity index (χ3n) is 5.98. The number of carbonyl (C=O) groups is 2. The number of hydrogen-bond donors (Lipinski definition) is 1. The van der Waals surface area contributed by atoms with E-state index in [9.17, 15) is 18.0 Å². The number of rotatable bonds is 4. The summed E-state index contributed by atoms with van der Waals surface area (Å²) in [6.45, 7) is 4.17. The van der Waals surface area contributed by atoms with Crippen LogP contribution in [0.3, 0.4) is 0 Å². The predicted octanol–water partition coefficient (Wildman–Crippen LogP) is 1.96. The van der Waals surface area contributed by atoms with E-state index in [2.05, 4.69) is 10.3 Å². The summed E-state index contributed by atoms with van der Waals surface area (Å²) in [5.41, 5.74) is 2.21. The lowest BCUT2D eigenvalue weighted by molar-refractivity contribution is -0.116. The summed E-state index contributed by atoms with van der Waals surface area (Å²) in [6.07, 6.45) is 4.88. The number of nitrogens with one attached hydrogen (secondary N) is 1. The van der Waals surface area contributed by atoms with Gasteiger partial charge in [0.2, 0.25) is 15.9 Å². The number of piperidine rings is 1. The number of anilines is 1. The normalized spacial score (nSPS) is 19.8. The van der Waals surface area contributed by atoms with E-state index < -0.39 is 10.0 Å². The third-order valence-corrected chi connectivity index (χ3v) is 7.87. The minimum absolute atomic E-state index is 0.0187. The summed E-state index contributed by atoms with van der Waals surface area (Å²) in [5.74, 6) is -0.218. The standard InChI is InChI=1S/C22H26N4O4S/c1-15-13-18-14-20(3-4-21(18)26(15)16(2)27)31(29,30)25-11-7-19(8-12-25)24-22(28)17-5-9-23-10-6-17/h3-6,9-10,14-15,19H,7-8,11-13H2,1-2H3,(H,24,28). The summed E-state index contributed by atoms with van der Waals surface area (Å²) >= 11 is 0. The number of aromatic nitrogens is 1. The summed E-state index contributed by atoms with van der Waals surface area (Å²) in [4.78, 5) is 30.1.